The Bertz CT molecular complexity index is 518. The van der Waals surface area contributed by atoms with Crippen molar-refractivity contribution in [3.63, 3.8) is 0 Å². The lowest BCUT2D eigenvalue weighted by molar-refractivity contribution is 0.0864. The highest BCUT2D eigenvalue weighted by Crippen LogP contribution is 2.28. The highest BCUT2D eigenvalue weighted by Gasteiger charge is 2.19. The molecule has 106 valence electrons. The average molecular weight is 288 g/mol. The number of carbonyl (C=O) groups is 1. The fourth-order valence-electron chi connectivity index (χ4n) is 2.85. The van der Waals surface area contributed by atoms with Crippen molar-refractivity contribution in [1.29, 1.82) is 0 Å². The van der Waals surface area contributed by atoms with Crippen LogP contribution < -0.4 is 0 Å². The van der Waals surface area contributed by atoms with E-state index in [9.17, 15) is 4.79 Å². The largest absolute Gasteiger partial charge is 0.273 e. The standard InChI is InChI=1S/C16H20N2OS/c19-16(12-13-4-1-2-5-13)18-10-9-14(17-18)7-8-15-6-3-11-20-15/h3,7-11,13,15H,1-2,4-6,12H2/b8-7+. The predicted molar refractivity (Wildman–Crippen MR) is 83.6 cm³/mol. The molecule has 3 nitrogen and oxygen atoms in total. The second-order valence-electron chi connectivity index (χ2n) is 5.57. The quantitative estimate of drug-likeness (QED) is 0.835. The first-order valence-corrected chi connectivity index (χ1v) is 8.33. The zero-order valence-corrected chi connectivity index (χ0v) is 12.4. The molecule has 0 amide bonds. The van der Waals surface area contributed by atoms with Crippen LogP contribution in [0.15, 0.2) is 29.8 Å². The van der Waals surface area contributed by atoms with Crippen LogP contribution in [-0.4, -0.2) is 20.9 Å². The van der Waals surface area contributed by atoms with E-state index in [1.165, 1.54) is 30.4 Å². The van der Waals surface area contributed by atoms with Gasteiger partial charge < -0.3 is 0 Å². The fourth-order valence-corrected chi connectivity index (χ4v) is 3.67. The van der Waals surface area contributed by atoms with Crippen molar-refractivity contribution >= 4 is 23.7 Å². The fraction of sp³-hybridized carbons (Fsp3) is 0.500. The normalized spacial score (nSPS) is 23.1. The lowest BCUT2D eigenvalue weighted by Gasteiger charge is -2.06. The summed E-state index contributed by atoms with van der Waals surface area (Å²) in [5.74, 6) is 0.708. The van der Waals surface area contributed by atoms with E-state index in [1.54, 1.807) is 6.20 Å². The van der Waals surface area contributed by atoms with Crippen LogP contribution in [0.25, 0.3) is 6.08 Å². The summed E-state index contributed by atoms with van der Waals surface area (Å²) < 4.78 is 1.51. The molecular weight excluding hydrogens is 268 g/mol. The third kappa shape index (κ3) is 3.42. The average Bonchev–Trinajstić information content (AvgIpc) is 3.19. The zero-order valence-electron chi connectivity index (χ0n) is 11.6. The van der Waals surface area contributed by atoms with Crippen LogP contribution in [0.1, 0.15) is 49.0 Å². The van der Waals surface area contributed by atoms with Crippen molar-refractivity contribution in [3.05, 3.63) is 35.5 Å². The number of nitrogens with zero attached hydrogens (tertiary/aromatic N) is 2. The van der Waals surface area contributed by atoms with Gasteiger partial charge in [-0.1, -0.05) is 25.0 Å². The van der Waals surface area contributed by atoms with E-state index in [2.05, 4.69) is 22.7 Å². The molecule has 1 atom stereocenters. The molecule has 4 heteroatoms. The van der Waals surface area contributed by atoms with Crippen molar-refractivity contribution < 1.29 is 4.79 Å². The molecule has 2 heterocycles. The molecule has 1 aromatic rings. The topological polar surface area (TPSA) is 34.9 Å². The second-order valence-corrected chi connectivity index (χ2v) is 6.72. The molecule has 0 bridgehead atoms. The summed E-state index contributed by atoms with van der Waals surface area (Å²) in [6.45, 7) is 0. The molecule has 1 aliphatic heterocycles. The van der Waals surface area contributed by atoms with E-state index in [1.807, 2.05) is 23.9 Å². The summed E-state index contributed by atoms with van der Waals surface area (Å²) in [5.41, 5.74) is 0.872. The van der Waals surface area contributed by atoms with Crippen LogP contribution >= 0.6 is 11.8 Å². The number of aromatic nitrogens is 2. The van der Waals surface area contributed by atoms with E-state index in [0.29, 0.717) is 17.6 Å². The molecule has 0 N–H and O–H groups in total. The maximum absolute atomic E-state index is 12.1. The molecule has 1 saturated carbocycles. The Balaban J connectivity index is 1.56. The van der Waals surface area contributed by atoms with Crippen LogP contribution in [0.5, 0.6) is 0 Å². The van der Waals surface area contributed by atoms with Gasteiger partial charge in [-0.3, -0.25) is 4.79 Å². The lowest BCUT2D eigenvalue weighted by atomic mass is 10.0. The molecule has 3 rings (SSSR count). The van der Waals surface area contributed by atoms with Crippen molar-refractivity contribution in [2.75, 3.05) is 0 Å². The van der Waals surface area contributed by atoms with E-state index in [-0.39, 0.29) is 5.91 Å². The predicted octanol–water partition coefficient (Wildman–Crippen LogP) is 4.14. The summed E-state index contributed by atoms with van der Waals surface area (Å²) in [5, 5.41) is 7.02. The van der Waals surface area contributed by atoms with Crippen molar-refractivity contribution in [3.8, 4) is 0 Å². The summed E-state index contributed by atoms with van der Waals surface area (Å²) >= 11 is 1.83. The monoisotopic (exact) mass is 288 g/mol. The highest BCUT2D eigenvalue weighted by molar-refractivity contribution is 8.03. The van der Waals surface area contributed by atoms with E-state index in [0.717, 1.165) is 12.1 Å². The van der Waals surface area contributed by atoms with Gasteiger partial charge in [-0.2, -0.15) is 5.10 Å². The molecule has 1 aliphatic carbocycles. The molecule has 1 aromatic heterocycles. The van der Waals surface area contributed by atoms with Crippen molar-refractivity contribution in [2.45, 2.75) is 43.8 Å². The van der Waals surface area contributed by atoms with Crippen LogP contribution in [0.3, 0.4) is 0 Å². The number of allylic oxidation sites excluding steroid dienone is 1. The first-order chi connectivity index (χ1) is 9.81. The van der Waals surface area contributed by atoms with Gasteiger partial charge in [-0.25, -0.2) is 4.68 Å². The lowest BCUT2D eigenvalue weighted by Crippen LogP contribution is -2.14. The molecule has 2 aliphatic rings. The number of carbonyl (C=O) groups excluding carboxylic acids is 1. The molecule has 0 aromatic carbocycles. The minimum atomic E-state index is 0.133. The van der Waals surface area contributed by atoms with Gasteiger partial charge in [0.1, 0.15) is 0 Å². The molecule has 0 saturated heterocycles. The first kappa shape index (κ1) is 13.7. The Hall–Kier alpha value is -1.29. The van der Waals surface area contributed by atoms with Gasteiger partial charge in [0, 0.05) is 17.9 Å². The van der Waals surface area contributed by atoms with Crippen LogP contribution in [-0.2, 0) is 0 Å². The SMILES string of the molecule is O=C(CC1CCCC1)n1ccc(/C=C/C2CC=CS2)n1. The van der Waals surface area contributed by atoms with Crippen molar-refractivity contribution in [2.24, 2.45) is 5.92 Å². The van der Waals surface area contributed by atoms with Gasteiger partial charge in [0.05, 0.1) is 5.69 Å². The Morgan fingerprint density at radius 2 is 2.30 bits per heavy atom. The molecule has 1 unspecified atom stereocenters. The first-order valence-electron chi connectivity index (χ1n) is 7.39. The van der Waals surface area contributed by atoms with Crippen LogP contribution in [0, 0.1) is 5.92 Å². The summed E-state index contributed by atoms with van der Waals surface area (Å²) in [7, 11) is 0. The minimum absolute atomic E-state index is 0.133. The number of rotatable bonds is 4. The Labute approximate surface area is 124 Å². The van der Waals surface area contributed by atoms with Gasteiger partial charge in [-0.05, 0) is 42.7 Å². The van der Waals surface area contributed by atoms with Gasteiger partial charge in [-0.15, -0.1) is 11.8 Å². The van der Waals surface area contributed by atoms with Crippen molar-refractivity contribution in [1.82, 2.24) is 9.78 Å². The maximum atomic E-state index is 12.1. The highest BCUT2D eigenvalue weighted by atomic mass is 32.2. The smallest absolute Gasteiger partial charge is 0.247 e. The zero-order chi connectivity index (χ0) is 13.8. The summed E-state index contributed by atoms with van der Waals surface area (Å²) in [6, 6.07) is 1.91. The van der Waals surface area contributed by atoms with Crippen LogP contribution in [0.2, 0.25) is 0 Å². The van der Waals surface area contributed by atoms with Gasteiger partial charge in [0.25, 0.3) is 0 Å². The third-order valence-electron chi connectivity index (χ3n) is 4.00. The molecule has 0 spiro atoms. The van der Waals surface area contributed by atoms with E-state index in [4.69, 9.17) is 0 Å². The molecule has 0 radical (unpaired) electrons. The Morgan fingerprint density at radius 3 is 3.05 bits per heavy atom. The number of thioether (sulfide) groups is 1. The maximum Gasteiger partial charge on any atom is 0.247 e. The molecular formula is C16H20N2OS. The number of hydrogen-bond donors (Lipinski definition) is 0. The molecule has 20 heavy (non-hydrogen) atoms. The van der Waals surface area contributed by atoms with Gasteiger partial charge in [0.15, 0.2) is 0 Å². The minimum Gasteiger partial charge on any atom is -0.273 e. The second kappa shape index (κ2) is 6.44. The third-order valence-corrected chi connectivity index (χ3v) is 5.05. The molecule has 1 fully saturated rings. The summed E-state index contributed by atoms with van der Waals surface area (Å²) in [4.78, 5) is 12.1. The Morgan fingerprint density at radius 1 is 1.45 bits per heavy atom. The van der Waals surface area contributed by atoms with Gasteiger partial charge >= 0.3 is 0 Å². The van der Waals surface area contributed by atoms with Gasteiger partial charge in [0.2, 0.25) is 5.91 Å². The number of hydrogen-bond acceptors (Lipinski definition) is 3. The summed E-state index contributed by atoms with van der Waals surface area (Å²) in [6.07, 6.45) is 14.8. The van der Waals surface area contributed by atoms with E-state index < -0.39 is 0 Å². The van der Waals surface area contributed by atoms with Crippen LogP contribution in [0.4, 0.5) is 0 Å². The Kier molecular flexibility index (Phi) is 4.41. The van der Waals surface area contributed by atoms with E-state index >= 15 is 0 Å².